The summed E-state index contributed by atoms with van der Waals surface area (Å²) in [5.74, 6) is 2.12. The summed E-state index contributed by atoms with van der Waals surface area (Å²) in [5, 5.41) is 11.5. The highest BCUT2D eigenvalue weighted by Crippen LogP contribution is 2.54. The average molecular weight is 269 g/mol. The number of amides is 1. The highest BCUT2D eigenvalue weighted by Gasteiger charge is 2.48. The molecule has 2 saturated carbocycles. The van der Waals surface area contributed by atoms with Crippen molar-refractivity contribution in [2.24, 2.45) is 28.6 Å². The van der Waals surface area contributed by atoms with E-state index in [0.717, 1.165) is 24.7 Å². The summed E-state index contributed by atoms with van der Waals surface area (Å²) in [7, 11) is 1.62. The van der Waals surface area contributed by atoms with Crippen LogP contribution < -0.4 is 5.73 Å². The highest BCUT2D eigenvalue weighted by atomic mass is 16.5. The molecule has 0 aromatic carbocycles. The van der Waals surface area contributed by atoms with Gasteiger partial charge in [-0.05, 0) is 31.1 Å². The first-order chi connectivity index (χ1) is 9.15. The van der Waals surface area contributed by atoms with Gasteiger partial charge in [0, 0.05) is 32.5 Å². The smallest absolute Gasteiger partial charge is 0.225 e. The molecule has 2 fully saturated rings. The molecular formula is C13H23N3O3. The lowest BCUT2D eigenvalue weighted by molar-refractivity contribution is -0.136. The lowest BCUT2D eigenvalue weighted by Crippen LogP contribution is -2.40. The second kappa shape index (κ2) is 6.23. The van der Waals surface area contributed by atoms with Crippen molar-refractivity contribution < 1.29 is 14.7 Å². The number of fused-ring (bicyclic) bond motifs is 1. The Labute approximate surface area is 113 Å². The molecule has 108 valence electrons. The number of rotatable bonds is 7. The minimum absolute atomic E-state index is 0.157. The summed E-state index contributed by atoms with van der Waals surface area (Å²) in [6.07, 6.45) is 3.78. The lowest BCUT2D eigenvalue weighted by atomic mass is 10.0. The number of hydrogen-bond acceptors (Lipinski definition) is 4. The van der Waals surface area contributed by atoms with E-state index in [1.54, 1.807) is 12.0 Å². The maximum Gasteiger partial charge on any atom is 0.225 e. The number of nitrogens with two attached hydrogens (primary N) is 1. The van der Waals surface area contributed by atoms with Crippen LogP contribution in [-0.4, -0.2) is 48.7 Å². The van der Waals surface area contributed by atoms with Crippen molar-refractivity contribution in [3.8, 4) is 0 Å². The molecule has 0 spiro atoms. The molecule has 0 heterocycles. The molecule has 0 radical (unpaired) electrons. The van der Waals surface area contributed by atoms with Gasteiger partial charge in [0.05, 0.1) is 6.61 Å². The average Bonchev–Trinajstić information content (AvgIpc) is 3.04. The van der Waals surface area contributed by atoms with Crippen molar-refractivity contribution in [2.45, 2.75) is 25.7 Å². The van der Waals surface area contributed by atoms with E-state index in [1.165, 1.54) is 6.42 Å². The second-order valence-electron chi connectivity index (χ2n) is 5.58. The molecule has 0 saturated heterocycles. The third-order valence-electron chi connectivity index (χ3n) is 4.24. The number of ether oxygens (including phenoxy) is 1. The Kier molecular flexibility index (Phi) is 4.63. The van der Waals surface area contributed by atoms with E-state index < -0.39 is 0 Å². The Morgan fingerprint density at radius 3 is 2.63 bits per heavy atom. The summed E-state index contributed by atoms with van der Waals surface area (Å²) in [4.78, 5) is 14.2. The highest BCUT2D eigenvalue weighted by molar-refractivity contribution is 5.82. The molecule has 2 unspecified atom stereocenters. The van der Waals surface area contributed by atoms with Gasteiger partial charge in [0.25, 0.3) is 0 Å². The van der Waals surface area contributed by atoms with E-state index >= 15 is 0 Å². The van der Waals surface area contributed by atoms with Gasteiger partial charge in [0.2, 0.25) is 5.91 Å². The van der Waals surface area contributed by atoms with Crippen LogP contribution in [0.1, 0.15) is 25.7 Å². The minimum atomic E-state index is 0.157. The molecule has 2 aliphatic rings. The molecule has 0 aliphatic heterocycles. The van der Waals surface area contributed by atoms with E-state index in [-0.39, 0.29) is 17.7 Å². The van der Waals surface area contributed by atoms with Gasteiger partial charge in [-0.1, -0.05) is 5.16 Å². The van der Waals surface area contributed by atoms with Gasteiger partial charge in [0.15, 0.2) is 0 Å². The van der Waals surface area contributed by atoms with E-state index in [9.17, 15) is 4.79 Å². The fourth-order valence-electron chi connectivity index (χ4n) is 3.01. The molecule has 2 rings (SSSR count). The zero-order valence-corrected chi connectivity index (χ0v) is 11.4. The third kappa shape index (κ3) is 3.59. The first-order valence-corrected chi connectivity index (χ1v) is 6.89. The number of methoxy groups -OCH3 is 1. The van der Waals surface area contributed by atoms with Crippen LogP contribution in [-0.2, 0) is 9.53 Å². The van der Waals surface area contributed by atoms with E-state index in [0.29, 0.717) is 26.1 Å². The van der Waals surface area contributed by atoms with Crippen molar-refractivity contribution in [3.63, 3.8) is 0 Å². The Morgan fingerprint density at radius 2 is 2.05 bits per heavy atom. The fourth-order valence-corrected chi connectivity index (χ4v) is 3.01. The van der Waals surface area contributed by atoms with Crippen LogP contribution in [0, 0.1) is 17.8 Å². The maximum atomic E-state index is 12.4. The molecule has 6 nitrogen and oxygen atoms in total. The summed E-state index contributed by atoms with van der Waals surface area (Å²) < 4.78 is 5.04. The van der Waals surface area contributed by atoms with Crippen molar-refractivity contribution in [2.75, 3.05) is 26.8 Å². The van der Waals surface area contributed by atoms with Crippen molar-refractivity contribution >= 4 is 11.7 Å². The van der Waals surface area contributed by atoms with Crippen molar-refractivity contribution in [3.05, 3.63) is 0 Å². The minimum Gasteiger partial charge on any atom is -0.409 e. The van der Waals surface area contributed by atoms with Gasteiger partial charge in [-0.15, -0.1) is 0 Å². The summed E-state index contributed by atoms with van der Waals surface area (Å²) >= 11 is 0. The van der Waals surface area contributed by atoms with Crippen LogP contribution in [0.15, 0.2) is 5.16 Å². The van der Waals surface area contributed by atoms with E-state index in [1.807, 2.05) is 0 Å². The Balaban J connectivity index is 1.85. The molecule has 2 aliphatic carbocycles. The SMILES string of the molecule is COCCN(CCC(N)=NO)C(=O)C1CC2CC2C1. The number of carbonyl (C=O) groups is 1. The third-order valence-corrected chi connectivity index (χ3v) is 4.24. The Bertz CT molecular complexity index is 349. The Morgan fingerprint density at radius 1 is 1.37 bits per heavy atom. The first-order valence-electron chi connectivity index (χ1n) is 6.89. The molecule has 3 N–H and O–H groups in total. The fraction of sp³-hybridized carbons (Fsp3) is 0.846. The zero-order valence-electron chi connectivity index (χ0n) is 11.4. The molecule has 0 aromatic rings. The quantitative estimate of drug-likeness (QED) is 0.307. The topological polar surface area (TPSA) is 88.2 Å². The number of hydrogen-bond donors (Lipinski definition) is 2. The van der Waals surface area contributed by atoms with Crippen molar-refractivity contribution in [1.29, 1.82) is 0 Å². The van der Waals surface area contributed by atoms with E-state index in [2.05, 4.69) is 5.16 Å². The number of nitrogens with zero attached hydrogens (tertiary/aromatic N) is 2. The Hall–Kier alpha value is -1.30. The molecule has 19 heavy (non-hydrogen) atoms. The maximum absolute atomic E-state index is 12.4. The van der Waals surface area contributed by atoms with Crippen LogP contribution in [0.4, 0.5) is 0 Å². The largest absolute Gasteiger partial charge is 0.409 e. The van der Waals surface area contributed by atoms with Crippen LogP contribution in [0.2, 0.25) is 0 Å². The van der Waals surface area contributed by atoms with E-state index in [4.69, 9.17) is 15.7 Å². The molecule has 2 atom stereocenters. The summed E-state index contributed by atoms with van der Waals surface area (Å²) in [5.41, 5.74) is 5.46. The molecular weight excluding hydrogens is 246 g/mol. The van der Waals surface area contributed by atoms with Gasteiger partial charge in [-0.3, -0.25) is 4.79 Å². The molecule has 0 bridgehead atoms. The summed E-state index contributed by atoms with van der Waals surface area (Å²) in [6.45, 7) is 1.57. The van der Waals surface area contributed by atoms with Gasteiger partial charge < -0.3 is 20.6 Å². The van der Waals surface area contributed by atoms with Crippen molar-refractivity contribution in [1.82, 2.24) is 4.90 Å². The lowest BCUT2D eigenvalue weighted by Gasteiger charge is -2.26. The van der Waals surface area contributed by atoms with Crippen LogP contribution >= 0.6 is 0 Å². The van der Waals surface area contributed by atoms with Crippen LogP contribution in [0.25, 0.3) is 0 Å². The molecule has 1 amide bonds. The second-order valence-corrected chi connectivity index (χ2v) is 5.58. The molecule has 6 heteroatoms. The number of oxime groups is 1. The van der Waals surface area contributed by atoms with Gasteiger partial charge in [-0.25, -0.2) is 0 Å². The predicted molar refractivity (Wildman–Crippen MR) is 70.8 cm³/mol. The van der Waals surface area contributed by atoms with Crippen LogP contribution in [0.3, 0.4) is 0 Å². The van der Waals surface area contributed by atoms with Crippen LogP contribution in [0.5, 0.6) is 0 Å². The number of amidine groups is 1. The molecule has 0 aromatic heterocycles. The van der Waals surface area contributed by atoms with Gasteiger partial charge in [-0.2, -0.15) is 0 Å². The van der Waals surface area contributed by atoms with Gasteiger partial charge >= 0.3 is 0 Å². The standard InChI is InChI=1S/C13H23N3O3/c1-19-5-4-16(3-2-12(14)15-18)13(17)11-7-9-6-10(9)8-11/h9-11,18H,2-8H2,1H3,(H2,14,15). The normalized spacial score (nSPS) is 29.1. The van der Waals surface area contributed by atoms with Gasteiger partial charge in [0.1, 0.15) is 5.84 Å². The number of carbonyl (C=O) groups excluding carboxylic acids is 1. The first kappa shape index (κ1) is 14.1. The predicted octanol–water partition coefficient (Wildman–Crippen LogP) is 0.644. The summed E-state index contributed by atoms with van der Waals surface area (Å²) in [6, 6.07) is 0. The zero-order chi connectivity index (χ0) is 13.8. The monoisotopic (exact) mass is 269 g/mol.